The van der Waals surface area contributed by atoms with Gasteiger partial charge in [-0.3, -0.25) is 0 Å². The van der Waals surface area contributed by atoms with Gasteiger partial charge in [-0.2, -0.15) is 20.6 Å². The molecule has 0 saturated carbocycles. The van der Waals surface area contributed by atoms with Crippen LogP contribution in [-0.2, 0) is 0 Å². The number of pyridine rings is 2. The monoisotopic (exact) mass is 240 g/mol. The maximum Gasteiger partial charge on any atom is 0.201 e. The molecule has 8 heteroatoms. The molecule has 4 heterocycles. The Morgan fingerprint density at radius 1 is 0.667 bits per heavy atom. The fourth-order valence-corrected chi connectivity index (χ4v) is 1.38. The van der Waals surface area contributed by atoms with Gasteiger partial charge >= 0.3 is 0 Å². The van der Waals surface area contributed by atoms with Gasteiger partial charge in [-0.05, 0) is 24.3 Å². The van der Waals surface area contributed by atoms with Gasteiger partial charge in [0.05, 0.1) is 0 Å². The molecule has 0 atom stereocenters. The van der Waals surface area contributed by atoms with Crippen LogP contribution in [0.25, 0.3) is 22.3 Å². The predicted molar refractivity (Wildman–Crippen MR) is 63.4 cm³/mol. The highest BCUT2D eigenvalue weighted by atomic mass is 15.3. The summed E-state index contributed by atoms with van der Waals surface area (Å²) in [6.45, 7) is 0. The Bertz CT molecular complexity index is 632. The molecule has 0 aliphatic carbocycles. The SMILES string of the molecule is c1cnc2n[nH]nc2c1.c1cnc2n[nH]nc2c1. The number of nitrogens with zero attached hydrogens (tertiary/aromatic N) is 6. The van der Waals surface area contributed by atoms with Gasteiger partial charge in [0.1, 0.15) is 11.0 Å². The minimum absolute atomic E-state index is 0.664. The zero-order valence-electron chi connectivity index (χ0n) is 9.15. The van der Waals surface area contributed by atoms with Crippen LogP contribution >= 0.6 is 0 Å². The van der Waals surface area contributed by atoms with Crippen molar-refractivity contribution in [3.63, 3.8) is 0 Å². The summed E-state index contributed by atoms with van der Waals surface area (Å²) in [5.41, 5.74) is 2.94. The first kappa shape index (κ1) is 10.3. The Morgan fingerprint density at radius 3 is 1.61 bits per heavy atom. The second kappa shape index (κ2) is 4.53. The van der Waals surface area contributed by atoms with Gasteiger partial charge in [0.25, 0.3) is 0 Å². The van der Waals surface area contributed by atoms with Gasteiger partial charge in [0.15, 0.2) is 0 Å². The first-order chi connectivity index (χ1) is 8.93. The summed E-state index contributed by atoms with van der Waals surface area (Å²) in [7, 11) is 0. The van der Waals surface area contributed by atoms with Gasteiger partial charge in [-0.1, -0.05) is 0 Å². The van der Waals surface area contributed by atoms with Crippen LogP contribution < -0.4 is 0 Å². The van der Waals surface area contributed by atoms with Crippen LogP contribution in [0.5, 0.6) is 0 Å². The summed E-state index contributed by atoms with van der Waals surface area (Å²) in [6, 6.07) is 7.35. The number of aromatic nitrogens is 8. The standard InChI is InChI=1S/2C5H4N4/c2*1-2-4-5(6-3-1)8-9-7-4/h2*1-3H,(H,6,7,8,9). The van der Waals surface area contributed by atoms with Crippen LogP contribution in [-0.4, -0.2) is 40.8 Å². The van der Waals surface area contributed by atoms with Crippen LogP contribution in [0.3, 0.4) is 0 Å². The number of H-pyrrole nitrogens is 2. The summed E-state index contributed by atoms with van der Waals surface area (Å²) in [5.74, 6) is 0. The van der Waals surface area contributed by atoms with E-state index >= 15 is 0 Å². The number of aromatic amines is 2. The van der Waals surface area contributed by atoms with Crippen LogP contribution in [0.1, 0.15) is 0 Å². The third-order valence-corrected chi connectivity index (χ3v) is 2.18. The smallest absolute Gasteiger partial charge is 0.201 e. The van der Waals surface area contributed by atoms with E-state index in [1.54, 1.807) is 12.4 Å². The Balaban J connectivity index is 0.000000111. The Kier molecular flexibility index (Phi) is 2.59. The lowest BCUT2D eigenvalue weighted by molar-refractivity contribution is 0.954. The summed E-state index contributed by atoms with van der Waals surface area (Å²) in [6.07, 6.45) is 3.37. The average molecular weight is 240 g/mol. The molecule has 0 unspecified atom stereocenters. The minimum Gasteiger partial charge on any atom is -0.234 e. The number of hydrogen-bond acceptors (Lipinski definition) is 6. The molecule has 8 nitrogen and oxygen atoms in total. The lowest BCUT2D eigenvalue weighted by atomic mass is 10.4. The quantitative estimate of drug-likeness (QED) is 0.468. The molecule has 2 N–H and O–H groups in total. The lowest BCUT2D eigenvalue weighted by Gasteiger charge is -1.77. The van der Waals surface area contributed by atoms with Gasteiger partial charge in [-0.25, -0.2) is 9.97 Å². The van der Waals surface area contributed by atoms with Crippen molar-refractivity contribution in [1.82, 2.24) is 40.8 Å². The van der Waals surface area contributed by atoms with E-state index < -0.39 is 0 Å². The summed E-state index contributed by atoms with van der Waals surface area (Å²) in [4.78, 5) is 7.87. The summed E-state index contributed by atoms with van der Waals surface area (Å²) in [5, 5.41) is 20.1. The van der Waals surface area contributed by atoms with Crippen molar-refractivity contribution in [3.8, 4) is 0 Å². The third-order valence-electron chi connectivity index (χ3n) is 2.18. The maximum absolute atomic E-state index is 3.94. The summed E-state index contributed by atoms with van der Waals surface area (Å²) >= 11 is 0. The van der Waals surface area contributed by atoms with Crippen molar-refractivity contribution in [2.45, 2.75) is 0 Å². The van der Waals surface area contributed by atoms with Crippen molar-refractivity contribution in [1.29, 1.82) is 0 Å². The predicted octanol–water partition coefficient (Wildman–Crippen LogP) is 0.706. The number of rotatable bonds is 0. The molecular formula is C10H8N8. The van der Waals surface area contributed by atoms with E-state index in [1.807, 2.05) is 24.3 Å². The molecule has 0 radical (unpaired) electrons. The molecule has 0 fully saturated rings. The molecule has 4 rings (SSSR count). The van der Waals surface area contributed by atoms with Gasteiger partial charge < -0.3 is 0 Å². The van der Waals surface area contributed by atoms with Crippen molar-refractivity contribution in [2.24, 2.45) is 0 Å². The average Bonchev–Trinajstić information content (AvgIpc) is 3.08. The van der Waals surface area contributed by atoms with Crippen molar-refractivity contribution in [2.75, 3.05) is 0 Å². The second-order valence-electron chi connectivity index (χ2n) is 3.34. The van der Waals surface area contributed by atoms with Crippen molar-refractivity contribution < 1.29 is 0 Å². The van der Waals surface area contributed by atoms with E-state index in [0.29, 0.717) is 11.3 Å². The van der Waals surface area contributed by atoms with Gasteiger partial charge in [0, 0.05) is 12.4 Å². The topological polar surface area (TPSA) is 109 Å². The van der Waals surface area contributed by atoms with Crippen LogP contribution in [0.2, 0.25) is 0 Å². The molecule has 0 aliphatic rings. The Morgan fingerprint density at radius 2 is 1.17 bits per heavy atom. The third kappa shape index (κ3) is 1.98. The van der Waals surface area contributed by atoms with E-state index in [9.17, 15) is 0 Å². The molecule has 0 saturated heterocycles. The molecule has 0 bridgehead atoms. The Hall–Kier alpha value is -2.90. The largest absolute Gasteiger partial charge is 0.234 e. The molecule has 4 aromatic rings. The number of nitrogens with one attached hydrogen (secondary N) is 2. The lowest BCUT2D eigenvalue weighted by Crippen LogP contribution is -1.71. The molecular weight excluding hydrogens is 232 g/mol. The van der Waals surface area contributed by atoms with Gasteiger partial charge in [0.2, 0.25) is 11.3 Å². The number of fused-ring (bicyclic) bond motifs is 2. The fourth-order valence-electron chi connectivity index (χ4n) is 1.38. The van der Waals surface area contributed by atoms with Gasteiger partial charge in [-0.15, -0.1) is 10.2 Å². The van der Waals surface area contributed by atoms with E-state index in [1.165, 1.54) is 0 Å². The van der Waals surface area contributed by atoms with Crippen molar-refractivity contribution in [3.05, 3.63) is 36.7 Å². The first-order valence-corrected chi connectivity index (χ1v) is 5.16. The van der Waals surface area contributed by atoms with E-state index in [2.05, 4.69) is 40.8 Å². The van der Waals surface area contributed by atoms with E-state index in [0.717, 1.165) is 11.0 Å². The molecule has 0 spiro atoms. The van der Waals surface area contributed by atoms with Crippen LogP contribution in [0, 0.1) is 0 Å². The minimum atomic E-state index is 0.664. The molecule has 0 aromatic carbocycles. The second-order valence-corrected chi connectivity index (χ2v) is 3.34. The van der Waals surface area contributed by atoms with Crippen molar-refractivity contribution >= 4 is 22.3 Å². The Labute approximate surface area is 100 Å². The molecule has 4 aromatic heterocycles. The van der Waals surface area contributed by atoms with E-state index in [4.69, 9.17) is 0 Å². The first-order valence-electron chi connectivity index (χ1n) is 5.16. The van der Waals surface area contributed by atoms with Crippen LogP contribution in [0.15, 0.2) is 36.7 Å². The molecule has 18 heavy (non-hydrogen) atoms. The highest BCUT2D eigenvalue weighted by Crippen LogP contribution is 2.00. The highest BCUT2D eigenvalue weighted by molar-refractivity contribution is 5.68. The highest BCUT2D eigenvalue weighted by Gasteiger charge is 1.93. The maximum atomic E-state index is 3.94. The zero-order chi connectivity index (χ0) is 12.2. The zero-order valence-corrected chi connectivity index (χ0v) is 9.15. The fraction of sp³-hybridized carbons (Fsp3) is 0. The number of hydrogen-bond donors (Lipinski definition) is 2. The molecule has 88 valence electrons. The summed E-state index contributed by atoms with van der Waals surface area (Å²) < 4.78 is 0. The molecule has 0 amide bonds. The van der Waals surface area contributed by atoms with Crippen LogP contribution in [0.4, 0.5) is 0 Å². The normalized spacial score (nSPS) is 10.2. The van der Waals surface area contributed by atoms with E-state index in [-0.39, 0.29) is 0 Å². The molecule has 0 aliphatic heterocycles.